The summed E-state index contributed by atoms with van der Waals surface area (Å²) in [6.45, 7) is 7.97. The fourth-order valence-electron chi connectivity index (χ4n) is 0.727. The lowest BCUT2D eigenvalue weighted by Gasteiger charge is -2.09. The molecule has 0 heterocycles. The van der Waals surface area contributed by atoms with Gasteiger partial charge in [-0.1, -0.05) is 18.7 Å². The zero-order chi connectivity index (χ0) is 12.8. The number of esters is 1. The molecule has 0 saturated heterocycles. The van der Waals surface area contributed by atoms with Gasteiger partial charge in [-0.3, -0.25) is 0 Å². The van der Waals surface area contributed by atoms with E-state index in [1.165, 1.54) is 0 Å². The highest BCUT2D eigenvalue weighted by Crippen LogP contribution is 2.23. The summed E-state index contributed by atoms with van der Waals surface area (Å²) in [5.41, 5.74) is 0.0663. The molecule has 0 rings (SSSR count). The van der Waals surface area contributed by atoms with Crippen LogP contribution in [-0.4, -0.2) is 25.5 Å². The minimum atomic E-state index is -4.46. The monoisotopic (exact) mass is 238 g/mol. The van der Waals surface area contributed by atoms with E-state index in [0.717, 1.165) is 0 Å². The molecule has 92 valence electrons. The summed E-state index contributed by atoms with van der Waals surface area (Å²) in [6.07, 6.45) is -5.85. The van der Waals surface area contributed by atoms with E-state index in [-0.39, 0.29) is 6.61 Å². The van der Waals surface area contributed by atoms with Gasteiger partial charge in [-0.05, 0) is 6.92 Å². The van der Waals surface area contributed by atoms with E-state index in [2.05, 4.69) is 17.9 Å². The van der Waals surface area contributed by atoms with Gasteiger partial charge in [0.2, 0.25) is 0 Å². The van der Waals surface area contributed by atoms with Crippen LogP contribution in [0.25, 0.3) is 0 Å². The van der Waals surface area contributed by atoms with Gasteiger partial charge in [-0.2, -0.15) is 13.2 Å². The average Bonchev–Trinajstić information content (AvgIpc) is 2.08. The van der Waals surface area contributed by atoms with Gasteiger partial charge in [0.15, 0.2) is 6.79 Å². The summed E-state index contributed by atoms with van der Waals surface area (Å²) in [5.74, 6) is -1.11. The highest BCUT2D eigenvalue weighted by atomic mass is 19.4. The van der Waals surface area contributed by atoms with Gasteiger partial charge in [-0.15, -0.1) is 0 Å². The van der Waals surface area contributed by atoms with Crippen molar-refractivity contribution in [1.29, 1.82) is 0 Å². The fraction of sp³-hybridized carbons (Fsp3) is 0.500. The summed E-state index contributed by atoms with van der Waals surface area (Å²) in [4.78, 5) is 10.9. The summed E-state index contributed by atoms with van der Waals surface area (Å²) in [7, 11) is 0. The molecule has 0 aromatic heterocycles. The number of ether oxygens (including phenoxy) is 2. The molecule has 0 aromatic carbocycles. The molecule has 0 saturated carbocycles. The molecule has 0 bridgehead atoms. The number of carbonyl (C=O) groups excluding carboxylic acids is 1. The van der Waals surface area contributed by atoms with Crippen molar-refractivity contribution in [3.63, 3.8) is 0 Å². The Kier molecular flexibility index (Phi) is 5.81. The van der Waals surface area contributed by atoms with E-state index in [1.807, 2.05) is 0 Å². The SMILES string of the molecule is C=C(C)COCOC(=O)C(=C)CC(F)(F)F. The van der Waals surface area contributed by atoms with Crippen LogP contribution in [0, 0.1) is 0 Å². The fourth-order valence-corrected chi connectivity index (χ4v) is 0.727. The Balaban J connectivity index is 3.81. The van der Waals surface area contributed by atoms with Crippen molar-refractivity contribution < 1.29 is 27.4 Å². The van der Waals surface area contributed by atoms with Gasteiger partial charge in [0, 0.05) is 5.57 Å². The maximum absolute atomic E-state index is 11.8. The summed E-state index contributed by atoms with van der Waals surface area (Å²) in [5, 5.41) is 0. The van der Waals surface area contributed by atoms with Gasteiger partial charge < -0.3 is 9.47 Å². The Hall–Kier alpha value is -1.30. The van der Waals surface area contributed by atoms with Crippen LogP contribution in [0.15, 0.2) is 24.3 Å². The van der Waals surface area contributed by atoms with Crippen LogP contribution in [0.5, 0.6) is 0 Å². The van der Waals surface area contributed by atoms with Crippen LogP contribution in [-0.2, 0) is 14.3 Å². The molecule has 0 spiro atoms. The van der Waals surface area contributed by atoms with E-state index in [9.17, 15) is 18.0 Å². The highest BCUT2D eigenvalue weighted by molar-refractivity contribution is 5.87. The average molecular weight is 238 g/mol. The second-order valence-electron chi connectivity index (χ2n) is 3.25. The van der Waals surface area contributed by atoms with Crippen LogP contribution < -0.4 is 0 Å². The van der Waals surface area contributed by atoms with Crippen LogP contribution in [0.3, 0.4) is 0 Å². The summed E-state index contributed by atoms with van der Waals surface area (Å²) >= 11 is 0. The molecule has 0 atom stereocenters. The van der Waals surface area contributed by atoms with E-state index >= 15 is 0 Å². The first-order chi connectivity index (χ1) is 7.22. The maximum atomic E-state index is 11.8. The Morgan fingerprint density at radius 2 is 1.88 bits per heavy atom. The maximum Gasteiger partial charge on any atom is 0.393 e. The number of hydrogen-bond donors (Lipinski definition) is 0. The quantitative estimate of drug-likeness (QED) is 0.234. The third kappa shape index (κ3) is 8.05. The lowest BCUT2D eigenvalue weighted by Crippen LogP contribution is -2.16. The predicted molar refractivity (Wildman–Crippen MR) is 51.5 cm³/mol. The Morgan fingerprint density at radius 1 is 1.31 bits per heavy atom. The molecule has 0 aromatic rings. The summed E-state index contributed by atoms with van der Waals surface area (Å²) < 4.78 is 44.7. The van der Waals surface area contributed by atoms with Crippen LogP contribution in [0.1, 0.15) is 13.3 Å². The zero-order valence-electron chi connectivity index (χ0n) is 8.89. The smallest absolute Gasteiger partial charge is 0.393 e. The van der Waals surface area contributed by atoms with Gasteiger partial charge in [0.1, 0.15) is 0 Å². The second-order valence-corrected chi connectivity index (χ2v) is 3.25. The third-order valence-electron chi connectivity index (χ3n) is 1.32. The molecule has 0 unspecified atom stereocenters. The van der Waals surface area contributed by atoms with Crippen LogP contribution in [0.4, 0.5) is 13.2 Å². The molecule has 0 N–H and O–H groups in total. The molecule has 0 aliphatic rings. The van der Waals surface area contributed by atoms with Crippen molar-refractivity contribution in [3.05, 3.63) is 24.3 Å². The first-order valence-corrected chi connectivity index (χ1v) is 4.36. The van der Waals surface area contributed by atoms with E-state index in [4.69, 9.17) is 4.74 Å². The Morgan fingerprint density at radius 3 is 2.31 bits per heavy atom. The highest BCUT2D eigenvalue weighted by Gasteiger charge is 2.31. The van der Waals surface area contributed by atoms with Crippen molar-refractivity contribution >= 4 is 5.97 Å². The first kappa shape index (κ1) is 14.7. The number of hydrogen-bond acceptors (Lipinski definition) is 3. The van der Waals surface area contributed by atoms with Gasteiger partial charge in [0.05, 0.1) is 13.0 Å². The second kappa shape index (κ2) is 6.32. The Labute approximate surface area is 91.5 Å². The molecule has 0 aliphatic carbocycles. The number of alkyl halides is 3. The molecule has 0 aliphatic heterocycles. The summed E-state index contributed by atoms with van der Waals surface area (Å²) in [6, 6.07) is 0. The molecule has 0 amide bonds. The number of halogens is 3. The topological polar surface area (TPSA) is 35.5 Å². The molecular formula is C10H13F3O3. The zero-order valence-corrected chi connectivity index (χ0v) is 8.89. The first-order valence-electron chi connectivity index (χ1n) is 4.36. The number of rotatable bonds is 6. The molecule has 16 heavy (non-hydrogen) atoms. The van der Waals surface area contributed by atoms with Crippen molar-refractivity contribution in [2.75, 3.05) is 13.4 Å². The van der Waals surface area contributed by atoms with E-state index in [0.29, 0.717) is 5.57 Å². The molecule has 0 radical (unpaired) electrons. The minimum absolute atomic E-state index is 0.180. The molecular weight excluding hydrogens is 225 g/mol. The van der Waals surface area contributed by atoms with Crippen molar-refractivity contribution in [2.24, 2.45) is 0 Å². The molecule has 0 fully saturated rings. The minimum Gasteiger partial charge on any atom is -0.435 e. The van der Waals surface area contributed by atoms with Crippen LogP contribution >= 0.6 is 0 Å². The lowest BCUT2D eigenvalue weighted by atomic mass is 10.2. The normalized spacial score (nSPS) is 11.0. The third-order valence-corrected chi connectivity index (χ3v) is 1.32. The van der Waals surface area contributed by atoms with Crippen molar-refractivity contribution in [1.82, 2.24) is 0 Å². The van der Waals surface area contributed by atoms with Gasteiger partial charge in [-0.25, -0.2) is 4.79 Å². The number of carbonyl (C=O) groups is 1. The van der Waals surface area contributed by atoms with E-state index in [1.54, 1.807) is 6.92 Å². The van der Waals surface area contributed by atoms with Crippen molar-refractivity contribution in [2.45, 2.75) is 19.5 Å². The van der Waals surface area contributed by atoms with E-state index < -0.39 is 30.9 Å². The van der Waals surface area contributed by atoms with Crippen LogP contribution in [0.2, 0.25) is 0 Å². The largest absolute Gasteiger partial charge is 0.435 e. The molecule has 6 heteroatoms. The van der Waals surface area contributed by atoms with Gasteiger partial charge >= 0.3 is 12.1 Å². The lowest BCUT2D eigenvalue weighted by molar-refractivity contribution is -0.156. The molecule has 3 nitrogen and oxygen atoms in total. The van der Waals surface area contributed by atoms with Crippen molar-refractivity contribution in [3.8, 4) is 0 Å². The predicted octanol–water partition coefficient (Wildman–Crippen LogP) is 2.59. The van der Waals surface area contributed by atoms with Gasteiger partial charge in [0.25, 0.3) is 0 Å². The standard InChI is InChI=1S/C10H13F3O3/c1-7(2)5-15-6-16-9(14)8(3)4-10(11,12)13/h1,3-6H2,2H3. The Bertz CT molecular complexity index is 282.